The Balaban J connectivity index is 1.85. The summed E-state index contributed by atoms with van der Waals surface area (Å²) in [4.78, 5) is 27.5. The quantitative estimate of drug-likeness (QED) is 0.749. The van der Waals surface area contributed by atoms with E-state index in [1.807, 2.05) is 24.3 Å². The fourth-order valence-corrected chi connectivity index (χ4v) is 4.56. The van der Waals surface area contributed by atoms with Gasteiger partial charge in [0.2, 0.25) is 10.0 Å². The van der Waals surface area contributed by atoms with Crippen LogP contribution in [0.3, 0.4) is 0 Å². The summed E-state index contributed by atoms with van der Waals surface area (Å²) in [5.41, 5.74) is 0.0985. The van der Waals surface area contributed by atoms with Gasteiger partial charge in [-0.25, -0.2) is 17.5 Å². The Morgan fingerprint density at radius 1 is 1.09 bits per heavy atom. The number of anilines is 1. The van der Waals surface area contributed by atoms with Gasteiger partial charge in [-0.3, -0.25) is 10.1 Å². The van der Waals surface area contributed by atoms with Gasteiger partial charge in [0.15, 0.2) is 0 Å². The Morgan fingerprint density at radius 3 is 2.19 bits per heavy atom. The minimum Gasteiger partial charge on any atom is -0.444 e. The first-order valence-electron chi connectivity index (χ1n) is 10.6. The molecule has 0 spiro atoms. The average molecular weight is 462 g/mol. The number of likely N-dealkylation sites (tertiary alicyclic amines) is 1. The standard InChI is InChI=1S/C23H31N3O5S/c1-23(2,3)31-22(28)24-20-15-17-9-7-6-8-16(17)14-19(20)21(27)26-12-10-18(11-13-26)25(4)32(5,29)30/h6-9,14-15,18H,10-13H2,1-5H3,(H,24,28). The molecule has 9 heteroatoms. The molecule has 1 aliphatic heterocycles. The molecule has 2 aromatic rings. The number of amides is 2. The van der Waals surface area contributed by atoms with Gasteiger partial charge in [-0.2, -0.15) is 0 Å². The number of nitrogens with zero attached hydrogens (tertiary/aromatic N) is 2. The van der Waals surface area contributed by atoms with Crippen molar-refractivity contribution in [2.75, 3.05) is 31.7 Å². The van der Waals surface area contributed by atoms with Crippen LogP contribution in [-0.2, 0) is 14.8 Å². The molecule has 0 unspecified atom stereocenters. The van der Waals surface area contributed by atoms with Gasteiger partial charge >= 0.3 is 6.09 Å². The fraction of sp³-hybridized carbons (Fsp3) is 0.478. The third-order valence-electron chi connectivity index (χ3n) is 5.54. The van der Waals surface area contributed by atoms with Gasteiger partial charge in [0, 0.05) is 26.2 Å². The molecule has 32 heavy (non-hydrogen) atoms. The maximum Gasteiger partial charge on any atom is 0.412 e. The molecule has 1 aliphatic rings. The third kappa shape index (κ3) is 5.77. The number of benzene rings is 2. The number of fused-ring (bicyclic) bond motifs is 1. The lowest BCUT2D eigenvalue weighted by atomic mass is 10.0. The van der Waals surface area contributed by atoms with E-state index < -0.39 is 21.7 Å². The van der Waals surface area contributed by atoms with Crippen molar-refractivity contribution in [1.82, 2.24) is 9.21 Å². The molecule has 1 fully saturated rings. The molecule has 0 radical (unpaired) electrons. The van der Waals surface area contributed by atoms with Crippen molar-refractivity contribution in [3.05, 3.63) is 42.0 Å². The SMILES string of the molecule is CN(C1CCN(C(=O)c2cc3ccccc3cc2NC(=O)OC(C)(C)C)CC1)S(C)(=O)=O. The van der Waals surface area contributed by atoms with E-state index in [0.717, 1.165) is 10.8 Å². The van der Waals surface area contributed by atoms with Gasteiger partial charge in [-0.15, -0.1) is 0 Å². The molecule has 0 saturated carbocycles. The topological polar surface area (TPSA) is 96.0 Å². The largest absolute Gasteiger partial charge is 0.444 e. The number of sulfonamides is 1. The molecule has 0 atom stereocenters. The molecule has 0 bridgehead atoms. The van der Waals surface area contributed by atoms with Crippen LogP contribution in [-0.4, -0.2) is 67.7 Å². The molecule has 174 valence electrons. The van der Waals surface area contributed by atoms with Crippen LogP contribution in [0.5, 0.6) is 0 Å². The molecular weight excluding hydrogens is 430 g/mol. The van der Waals surface area contributed by atoms with E-state index in [0.29, 0.717) is 37.2 Å². The zero-order chi connectivity index (χ0) is 23.7. The normalized spacial score (nSPS) is 15.8. The van der Waals surface area contributed by atoms with Gasteiger partial charge in [0.25, 0.3) is 5.91 Å². The summed E-state index contributed by atoms with van der Waals surface area (Å²) in [5, 5.41) is 4.51. The second kappa shape index (κ2) is 9.07. The number of carbonyl (C=O) groups is 2. The number of ether oxygens (including phenoxy) is 1. The van der Waals surface area contributed by atoms with E-state index in [2.05, 4.69) is 5.32 Å². The van der Waals surface area contributed by atoms with Crippen LogP contribution >= 0.6 is 0 Å². The summed E-state index contributed by atoms with van der Waals surface area (Å²) in [6.07, 6.45) is 1.67. The Kier molecular flexibility index (Phi) is 6.80. The Hall–Kier alpha value is -2.65. The van der Waals surface area contributed by atoms with Crippen molar-refractivity contribution in [1.29, 1.82) is 0 Å². The summed E-state index contributed by atoms with van der Waals surface area (Å²) < 4.78 is 30.4. The van der Waals surface area contributed by atoms with Crippen molar-refractivity contribution in [2.24, 2.45) is 0 Å². The Bertz CT molecular complexity index is 1120. The van der Waals surface area contributed by atoms with Crippen molar-refractivity contribution >= 4 is 38.5 Å². The van der Waals surface area contributed by atoms with E-state index in [-0.39, 0.29) is 11.9 Å². The lowest BCUT2D eigenvalue weighted by molar-refractivity contribution is 0.0636. The number of hydrogen-bond acceptors (Lipinski definition) is 5. The summed E-state index contributed by atoms with van der Waals surface area (Å²) in [5.74, 6) is -0.206. The van der Waals surface area contributed by atoms with E-state index in [4.69, 9.17) is 4.74 Å². The molecule has 1 N–H and O–H groups in total. The molecule has 0 aromatic heterocycles. The number of nitrogens with one attached hydrogen (secondary N) is 1. The van der Waals surface area contributed by atoms with Gasteiger partial charge in [0.05, 0.1) is 17.5 Å². The van der Waals surface area contributed by atoms with Crippen LogP contribution in [0.25, 0.3) is 10.8 Å². The van der Waals surface area contributed by atoms with E-state index in [1.54, 1.807) is 44.9 Å². The highest BCUT2D eigenvalue weighted by Gasteiger charge is 2.30. The van der Waals surface area contributed by atoms with Crippen LogP contribution in [0.1, 0.15) is 44.0 Å². The lowest BCUT2D eigenvalue weighted by Gasteiger charge is -2.36. The molecule has 8 nitrogen and oxygen atoms in total. The number of carbonyl (C=O) groups excluding carboxylic acids is 2. The molecule has 1 heterocycles. The first-order chi connectivity index (χ1) is 14.8. The monoisotopic (exact) mass is 461 g/mol. The first kappa shape index (κ1) is 24.0. The zero-order valence-corrected chi connectivity index (χ0v) is 20.0. The van der Waals surface area contributed by atoms with Crippen LogP contribution in [0.2, 0.25) is 0 Å². The number of rotatable bonds is 4. The highest BCUT2D eigenvalue weighted by molar-refractivity contribution is 7.88. The number of hydrogen-bond donors (Lipinski definition) is 1. The summed E-state index contributed by atoms with van der Waals surface area (Å²) >= 11 is 0. The fourth-order valence-electron chi connectivity index (χ4n) is 3.81. The molecule has 3 rings (SSSR count). The van der Waals surface area contributed by atoms with Crippen molar-refractivity contribution < 1.29 is 22.7 Å². The van der Waals surface area contributed by atoms with Gasteiger partial charge < -0.3 is 9.64 Å². The smallest absolute Gasteiger partial charge is 0.412 e. The van der Waals surface area contributed by atoms with Crippen molar-refractivity contribution in [3.63, 3.8) is 0 Å². The average Bonchev–Trinajstić information content (AvgIpc) is 2.70. The highest BCUT2D eigenvalue weighted by atomic mass is 32.2. The summed E-state index contributed by atoms with van der Waals surface area (Å²) in [6.45, 7) is 6.19. The second-order valence-electron chi connectivity index (χ2n) is 9.17. The van der Waals surface area contributed by atoms with E-state index in [9.17, 15) is 18.0 Å². The maximum atomic E-state index is 13.4. The van der Waals surface area contributed by atoms with Gasteiger partial charge in [-0.1, -0.05) is 24.3 Å². The Labute approximate surface area is 189 Å². The number of piperidine rings is 1. The summed E-state index contributed by atoms with van der Waals surface area (Å²) in [7, 11) is -1.71. The molecule has 2 aromatic carbocycles. The highest BCUT2D eigenvalue weighted by Crippen LogP contribution is 2.28. The predicted octanol–water partition coefficient (Wildman–Crippen LogP) is 3.68. The van der Waals surface area contributed by atoms with Crippen molar-refractivity contribution in [2.45, 2.75) is 45.3 Å². The maximum absolute atomic E-state index is 13.4. The van der Waals surface area contributed by atoms with Crippen LogP contribution in [0, 0.1) is 0 Å². The van der Waals surface area contributed by atoms with Gasteiger partial charge in [0.1, 0.15) is 5.60 Å². The van der Waals surface area contributed by atoms with E-state index in [1.165, 1.54) is 10.6 Å². The minimum absolute atomic E-state index is 0.134. The molecule has 2 amide bonds. The zero-order valence-electron chi connectivity index (χ0n) is 19.2. The Morgan fingerprint density at radius 2 is 1.66 bits per heavy atom. The third-order valence-corrected chi connectivity index (χ3v) is 6.89. The second-order valence-corrected chi connectivity index (χ2v) is 11.2. The van der Waals surface area contributed by atoms with Crippen LogP contribution in [0.15, 0.2) is 36.4 Å². The van der Waals surface area contributed by atoms with Gasteiger partial charge in [-0.05, 0) is 56.5 Å². The van der Waals surface area contributed by atoms with Crippen molar-refractivity contribution in [3.8, 4) is 0 Å². The van der Waals surface area contributed by atoms with Crippen LogP contribution < -0.4 is 5.32 Å². The minimum atomic E-state index is -3.28. The molecule has 1 saturated heterocycles. The lowest BCUT2D eigenvalue weighted by Crippen LogP contribution is -2.47. The van der Waals surface area contributed by atoms with E-state index >= 15 is 0 Å². The predicted molar refractivity (Wildman–Crippen MR) is 125 cm³/mol. The molecular formula is C23H31N3O5S. The molecule has 0 aliphatic carbocycles. The van der Waals surface area contributed by atoms with Crippen LogP contribution in [0.4, 0.5) is 10.5 Å². The first-order valence-corrected chi connectivity index (χ1v) is 12.4. The summed E-state index contributed by atoms with van der Waals surface area (Å²) in [6, 6.07) is 11.0.